The van der Waals surface area contributed by atoms with Gasteiger partial charge in [0.15, 0.2) is 0 Å². The molecule has 0 amide bonds. The van der Waals surface area contributed by atoms with E-state index in [9.17, 15) is 13.2 Å². The normalized spacial score (nSPS) is 26.1. The molecule has 3 unspecified atom stereocenters. The smallest absolute Gasteiger partial charge is 0.314 e. The van der Waals surface area contributed by atoms with E-state index < -0.39 is 12.1 Å². The fourth-order valence-corrected chi connectivity index (χ4v) is 3.14. The topological polar surface area (TPSA) is 12.0 Å². The van der Waals surface area contributed by atoms with E-state index in [2.05, 4.69) is 11.9 Å². The summed E-state index contributed by atoms with van der Waals surface area (Å²) < 4.78 is 38.5. The van der Waals surface area contributed by atoms with E-state index >= 15 is 0 Å². The summed E-state index contributed by atoms with van der Waals surface area (Å²) in [6.07, 6.45) is 3.01. The first-order valence-electron chi connectivity index (χ1n) is 7.40. The Bertz CT molecular complexity index is 263. The average Bonchev–Trinajstić information content (AvgIpc) is 2.37. The molecular weight excluding hydrogens is 251 g/mol. The van der Waals surface area contributed by atoms with Crippen molar-refractivity contribution in [1.29, 1.82) is 0 Å². The number of hydrogen-bond donors (Lipinski definition) is 1. The summed E-state index contributed by atoms with van der Waals surface area (Å²) in [4.78, 5) is 0. The molecular formula is C15H26F3N. The Morgan fingerprint density at radius 3 is 2.68 bits per heavy atom. The Morgan fingerprint density at radius 2 is 2.11 bits per heavy atom. The first-order valence-corrected chi connectivity index (χ1v) is 7.40. The van der Waals surface area contributed by atoms with Crippen LogP contribution in [0, 0.1) is 11.8 Å². The van der Waals surface area contributed by atoms with Crippen LogP contribution < -0.4 is 5.32 Å². The van der Waals surface area contributed by atoms with Crippen molar-refractivity contribution in [2.75, 3.05) is 6.54 Å². The lowest BCUT2D eigenvalue weighted by Gasteiger charge is -2.35. The van der Waals surface area contributed by atoms with Crippen LogP contribution in [0.5, 0.6) is 0 Å². The van der Waals surface area contributed by atoms with Crippen molar-refractivity contribution in [3.8, 4) is 0 Å². The average molecular weight is 277 g/mol. The van der Waals surface area contributed by atoms with E-state index in [0.717, 1.165) is 32.2 Å². The van der Waals surface area contributed by atoms with Gasteiger partial charge in [0, 0.05) is 6.04 Å². The van der Waals surface area contributed by atoms with Crippen LogP contribution in [0.15, 0.2) is 12.7 Å². The van der Waals surface area contributed by atoms with Gasteiger partial charge in [-0.25, -0.2) is 0 Å². The number of rotatable bonds is 7. The molecule has 0 spiro atoms. The summed E-state index contributed by atoms with van der Waals surface area (Å²) >= 11 is 0. The lowest BCUT2D eigenvalue weighted by atomic mass is 9.76. The predicted octanol–water partition coefficient (Wildman–Crippen LogP) is 4.69. The largest absolute Gasteiger partial charge is 0.391 e. The van der Waals surface area contributed by atoms with Crippen molar-refractivity contribution in [3.63, 3.8) is 0 Å². The van der Waals surface area contributed by atoms with Crippen molar-refractivity contribution in [3.05, 3.63) is 12.7 Å². The maximum absolute atomic E-state index is 12.8. The number of allylic oxidation sites excluding steroid dienone is 1. The first-order chi connectivity index (χ1) is 8.99. The number of unbranched alkanes of at least 4 members (excludes halogenated alkanes) is 1. The van der Waals surface area contributed by atoms with Crippen molar-refractivity contribution < 1.29 is 13.2 Å². The van der Waals surface area contributed by atoms with Crippen LogP contribution in [0.2, 0.25) is 0 Å². The van der Waals surface area contributed by atoms with Crippen LogP contribution >= 0.6 is 0 Å². The van der Waals surface area contributed by atoms with Gasteiger partial charge in [0.25, 0.3) is 0 Å². The lowest BCUT2D eigenvalue weighted by molar-refractivity contribution is -0.186. The lowest BCUT2D eigenvalue weighted by Crippen LogP contribution is -2.40. The van der Waals surface area contributed by atoms with Crippen LogP contribution in [-0.4, -0.2) is 18.8 Å². The van der Waals surface area contributed by atoms with E-state index in [1.54, 1.807) is 0 Å². The third-order valence-electron chi connectivity index (χ3n) is 4.14. The molecule has 112 valence electrons. The maximum atomic E-state index is 12.8. The fraction of sp³-hybridized carbons (Fsp3) is 0.867. The highest BCUT2D eigenvalue weighted by atomic mass is 19.4. The van der Waals surface area contributed by atoms with Gasteiger partial charge in [0.2, 0.25) is 0 Å². The zero-order chi connectivity index (χ0) is 14.3. The number of nitrogens with one attached hydrogen (secondary N) is 1. The van der Waals surface area contributed by atoms with Gasteiger partial charge in [0.1, 0.15) is 0 Å². The highest BCUT2D eigenvalue weighted by molar-refractivity contribution is 4.85. The Hall–Kier alpha value is -0.510. The van der Waals surface area contributed by atoms with Crippen LogP contribution in [0.3, 0.4) is 0 Å². The standard InChI is InChI=1S/C15H26F3N/c1-3-5-6-10-14(19-4-2)12-8-7-9-13(11-12)15(16,17)18/h3,12-14,19H,1,4-11H2,2H3. The van der Waals surface area contributed by atoms with Gasteiger partial charge >= 0.3 is 6.18 Å². The molecule has 19 heavy (non-hydrogen) atoms. The summed E-state index contributed by atoms with van der Waals surface area (Å²) in [5, 5.41) is 3.38. The number of alkyl halides is 3. The molecule has 0 saturated heterocycles. The van der Waals surface area contributed by atoms with Crippen molar-refractivity contribution in [2.45, 2.75) is 64.1 Å². The molecule has 0 aromatic carbocycles. The van der Waals surface area contributed by atoms with Crippen molar-refractivity contribution in [1.82, 2.24) is 5.32 Å². The molecule has 0 heterocycles. The van der Waals surface area contributed by atoms with E-state index in [0.29, 0.717) is 19.3 Å². The highest BCUT2D eigenvalue weighted by Gasteiger charge is 2.43. The van der Waals surface area contributed by atoms with Crippen LogP contribution in [-0.2, 0) is 0 Å². The Labute approximate surface area is 114 Å². The molecule has 4 heteroatoms. The van der Waals surface area contributed by atoms with Gasteiger partial charge in [0.05, 0.1) is 5.92 Å². The van der Waals surface area contributed by atoms with Crippen molar-refractivity contribution in [2.24, 2.45) is 11.8 Å². The Balaban J connectivity index is 2.54. The zero-order valence-electron chi connectivity index (χ0n) is 11.8. The molecule has 1 aliphatic carbocycles. The third-order valence-corrected chi connectivity index (χ3v) is 4.14. The molecule has 1 nitrogen and oxygen atoms in total. The molecule has 3 atom stereocenters. The molecule has 1 N–H and O–H groups in total. The van der Waals surface area contributed by atoms with E-state index in [1.165, 1.54) is 0 Å². The van der Waals surface area contributed by atoms with Gasteiger partial charge in [-0.1, -0.05) is 19.4 Å². The van der Waals surface area contributed by atoms with Crippen LogP contribution in [0.25, 0.3) is 0 Å². The minimum absolute atomic E-state index is 0.171. The van der Waals surface area contributed by atoms with Crippen LogP contribution in [0.4, 0.5) is 13.2 Å². The van der Waals surface area contributed by atoms with Gasteiger partial charge < -0.3 is 5.32 Å². The Morgan fingerprint density at radius 1 is 1.37 bits per heavy atom. The predicted molar refractivity (Wildman–Crippen MR) is 73.0 cm³/mol. The summed E-state index contributed by atoms with van der Waals surface area (Å²) in [6, 6.07) is 0.232. The van der Waals surface area contributed by atoms with Crippen LogP contribution in [0.1, 0.15) is 51.9 Å². The molecule has 1 fully saturated rings. The minimum atomic E-state index is -4.02. The molecule has 1 saturated carbocycles. The van der Waals surface area contributed by atoms with Crippen molar-refractivity contribution >= 4 is 0 Å². The second kappa shape index (κ2) is 7.93. The Kier molecular flexibility index (Phi) is 6.90. The van der Waals surface area contributed by atoms with E-state index in [-0.39, 0.29) is 12.0 Å². The molecule has 0 bridgehead atoms. The third kappa shape index (κ3) is 5.55. The maximum Gasteiger partial charge on any atom is 0.391 e. The first kappa shape index (κ1) is 16.5. The molecule has 0 aromatic rings. The summed E-state index contributed by atoms with van der Waals surface area (Å²) in [6.45, 7) is 6.53. The SMILES string of the molecule is C=CCCCC(NCC)C1CCCC(C(F)(F)F)C1. The van der Waals surface area contributed by atoms with E-state index in [4.69, 9.17) is 0 Å². The number of hydrogen-bond acceptors (Lipinski definition) is 1. The second-order valence-electron chi connectivity index (χ2n) is 5.55. The van der Waals surface area contributed by atoms with E-state index in [1.807, 2.05) is 13.0 Å². The minimum Gasteiger partial charge on any atom is -0.314 e. The molecule has 0 radical (unpaired) electrons. The molecule has 1 aliphatic rings. The van der Waals surface area contributed by atoms with Gasteiger partial charge in [-0.15, -0.1) is 6.58 Å². The summed E-state index contributed by atoms with van der Waals surface area (Å²) in [5.41, 5.74) is 0. The fourth-order valence-electron chi connectivity index (χ4n) is 3.14. The van der Waals surface area contributed by atoms with Gasteiger partial charge in [-0.05, 0) is 51.0 Å². The summed E-state index contributed by atoms with van der Waals surface area (Å²) in [5.74, 6) is -0.919. The summed E-state index contributed by atoms with van der Waals surface area (Å²) in [7, 11) is 0. The molecule has 1 rings (SSSR count). The molecule has 0 aliphatic heterocycles. The zero-order valence-corrected chi connectivity index (χ0v) is 11.8. The monoisotopic (exact) mass is 277 g/mol. The number of halogens is 3. The quantitative estimate of drug-likeness (QED) is 0.526. The molecule has 0 aromatic heterocycles. The van der Waals surface area contributed by atoms with Gasteiger partial charge in [-0.3, -0.25) is 0 Å². The second-order valence-corrected chi connectivity index (χ2v) is 5.55. The highest BCUT2D eigenvalue weighted by Crippen LogP contribution is 2.41. The van der Waals surface area contributed by atoms with Gasteiger partial charge in [-0.2, -0.15) is 13.2 Å².